The van der Waals surface area contributed by atoms with Crippen molar-refractivity contribution in [3.05, 3.63) is 46.8 Å². The maximum Gasteiger partial charge on any atom is 0.101 e. The number of para-hydroxylation sites is 1. The molecule has 1 aromatic heterocycles. The lowest BCUT2D eigenvalue weighted by atomic mass is 10.1. The quantitative estimate of drug-likeness (QED) is 0.915. The van der Waals surface area contributed by atoms with E-state index in [9.17, 15) is 0 Å². The summed E-state index contributed by atoms with van der Waals surface area (Å²) in [6.45, 7) is 6.16. The molecule has 19 heavy (non-hydrogen) atoms. The molecule has 0 spiro atoms. The van der Waals surface area contributed by atoms with Crippen LogP contribution in [0, 0.1) is 25.2 Å². The largest absolute Gasteiger partial charge is 0.377 e. The molecule has 4 heteroatoms. The van der Waals surface area contributed by atoms with Gasteiger partial charge in [0.1, 0.15) is 6.07 Å². The Hall–Kier alpha value is -2.28. The average Bonchev–Trinajstić information content (AvgIpc) is 2.64. The number of aryl methyl sites for hydroxylation is 2. The number of rotatable bonds is 3. The second-order valence-corrected chi connectivity index (χ2v) is 4.73. The van der Waals surface area contributed by atoms with Gasteiger partial charge in [-0.05, 0) is 32.9 Å². The molecule has 0 aliphatic carbocycles. The van der Waals surface area contributed by atoms with E-state index in [0.29, 0.717) is 5.56 Å². The predicted molar refractivity (Wildman–Crippen MR) is 75.9 cm³/mol. The molecule has 4 nitrogen and oxygen atoms in total. The Morgan fingerprint density at radius 1 is 1.32 bits per heavy atom. The molecule has 1 N–H and O–H groups in total. The molecule has 1 aromatic carbocycles. The van der Waals surface area contributed by atoms with Gasteiger partial charge in [0.25, 0.3) is 0 Å². The van der Waals surface area contributed by atoms with Crippen LogP contribution in [0.3, 0.4) is 0 Å². The molecule has 1 unspecified atom stereocenters. The molecule has 2 rings (SSSR count). The highest BCUT2D eigenvalue weighted by Crippen LogP contribution is 2.26. The van der Waals surface area contributed by atoms with Crippen molar-refractivity contribution in [3.63, 3.8) is 0 Å². The third-order valence-electron chi connectivity index (χ3n) is 3.42. The van der Waals surface area contributed by atoms with Crippen molar-refractivity contribution in [2.24, 2.45) is 7.05 Å². The lowest BCUT2D eigenvalue weighted by Crippen LogP contribution is -2.10. The summed E-state index contributed by atoms with van der Waals surface area (Å²) in [4.78, 5) is 0. The lowest BCUT2D eigenvalue weighted by Gasteiger charge is -2.17. The van der Waals surface area contributed by atoms with Gasteiger partial charge in [0.2, 0.25) is 0 Å². The molecular formula is C15H18N4. The highest BCUT2D eigenvalue weighted by molar-refractivity contribution is 5.58. The van der Waals surface area contributed by atoms with E-state index in [1.807, 2.05) is 42.9 Å². The van der Waals surface area contributed by atoms with E-state index in [-0.39, 0.29) is 6.04 Å². The third kappa shape index (κ3) is 2.45. The zero-order chi connectivity index (χ0) is 14.0. The number of nitrogens with zero attached hydrogens (tertiary/aromatic N) is 3. The molecule has 1 heterocycles. The van der Waals surface area contributed by atoms with Gasteiger partial charge in [-0.2, -0.15) is 10.4 Å². The summed E-state index contributed by atoms with van der Waals surface area (Å²) >= 11 is 0. The van der Waals surface area contributed by atoms with Gasteiger partial charge in [-0.1, -0.05) is 12.1 Å². The van der Waals surface area contributed by atoms with E-state index >= 15 is 0 Å². The van der Waals surface area contributed by atoms with Gasteiger partial charge >= 0.3 is 0 Å². The SMILES string of the molecule is Cc1nn(C)c(C)c1C(C)Nc1ccccc1C#N. The number of anilines is 1. The minimum Gasteiger partial charge on any atom is -0.377 e. The third-order valence-corrected chi connectivity index (χ3v) is 3.42. The number of hydrogen-bond acceptors (Lipinski definition) is 3. The first kappa shape index (κ1) is 13.2. The van der Waals surface area contributed by atoms with Crippen LogP contribution in [0.5, 0.6) is 0 Å². The predicted octanol–water partition coefficient (Wildman–Crippen LogP) is 3.08. The second-order valence-electron chi connectivity index (χ2n) is 4.73. The molecule has 0 bridgehead atoms. The van der Waals surface area contributed by atoms with Crippen LogP contribution in [0.25, 0.3) is 0 Å². The number of benzene rings is 1. The molecule has 2 aromatic rings. The van der Waals surface area contributed by atoms with Gasteiger partial charge in [0, 0.05) is 18.3 Å². The molecule has 0 fully saturated rings. The maximum absolute atomic E-state index is 9.11. The lowest BCUT2D eigenvalue weighted by molar-refractivity contribution is 0.728. The average molecular weight is 254 g/mol. The van der Waals surface area contributed by atoms with Crippen LogP contribution >= 0.6 is 0 Å². The Kier molecular flexibility index (Phi) is 3.57. The van der Waals surface area contributed by atoms with Crippen molar-refractivity contribution in [2.75, 3.05) is 5.32 Å². The molecule has 0 saturated carbocycles. The molecule has 0 aliphatic heterocycles. The van der Waals surface area contributed by atoms with Crippen LogP contribution in [0.2, 0.25) is 0 Å². The monoisotopic (exact) mass is 254 g/mol. The zero-order valence-electron chi connectivity index (χ0n) is 11.7. The Balaban J connectivity index is 2.31. The van der Waals surface area contributed by atoms with E-state index in [4.69, 9.17) is 5.26 Å². The minimum atomic E-state index is 0.114. The highest BCUT2D eigenvalue weighted by Gasteiger charge is 2.16. The van der Waals surface area contributed by atoms with Crippen molar-refractivity contribution in [1.29, 1.82) is 5.26 Å². The fourth-order valence-electron chi connectivity index (χ4n) is 2.43. The summed E-state index contributed by atoms with van der Waals surface area (Å²) in [5, 5.41) is 16.9. The number of aromatic nitrogens is 2. The Bertz CT molecular complexity index is 634. The van der Waals surface area contributed by atoms with Gasteiger partial charge in [0.05, 0.1) is 23.0 Å². The van der Waals surface area contributed by atoms with Gasteiger partial charge in [-0.15, -0.1) is 0 Å². The van der Waals surface area contributed by atoms with Gasteiger partial charge in [-0.3, -0.25) is 4.68 Å². The molecule has 98 valence electrons. The highest BCUT2D eigenvalue weighted by atomic mass is 15.3. The first-order chi connectivity index (χ1) is 9.04. The summed E-state index contributed by atoms with van der Waals surface area (Å²) in [5.41, 5.74) is 4.88. The maximum atomic E-state index is 9.11. The van der Waals surface area contributed by atoms with Crippen molar-refractivity contribution >= 4 is 5.69 Å². The van der Waals surface area contributed by atoms with E-state index < -0.39 is 0 Å². The molecule has 0 saturated heterocycles. The Morgan fingerprint density at radius 2 is 2.00 bits per heavy atom. The van der Waals surface area contributed by atoms with Crippen LogP contribution < -0.4 is 5.32 Å². The Labute approximate surface area is 113 Å². The fourth-order valence-corrected chi connectivity index (χ4v) is 2.43. The van der Waals surface area contributed by atoms with Crippen LogP contribution in [-0.2, 0) is 7.05 Å². The van der Waals surface area contributed by atoms with Crippen LogP contribution in [0.4, 0.5) is 5.69 Å². The normalized spacial score (nSPS) is 11.9. The van der Waals surface area contributed by atoms with Crippen LogP contribution in [0.1, 0.15) is 35.5 Å². The van der Waals surface area contributed by atoms with Gasteiger partial charge in [0.15, 0.2) is 0 Å². The van der Waals surface area contributed by atoms with Gasteiger partial charge in [-0.25, -0.2) is 0 Å². The topological polar surface area (TPSA) is 53.6 Å². The smallest absolute Gasteiger partial charge is 0.101 e. The van der Waals surface area contributed by atoms with E-state index in [2.05, 4.69) is 30.3 Å². The van der Waals surface area contributed by atoms with Crippen LogP contribution in [0.15, 0.2) is 24.3 Å². The van der Waals surface area contributed by atoms with Crippen molar-refractivity contribution in [1.82, 2.24) is 9.78 Å². The van der Waals surface area contributed by atoms with Gasteiger partial charge < -0.3 is 5.32 Å². The first-order valence-corrected chi connectivity index (χ1v) is 6.30. The van der Waals surface area contributed by atoms with Crippen LogP contribution in [-0.4, -0.2) is 9.78 Å². The molecule has 0 amide bonds. The van der Waals surface area contributed by atoms with E-state index in [0.717, 1.165) is 17.1 Å². The van der Waals surface area contributed by atoms with Crippen molar-refractivity contribution in [2.45, 2.75) is 26.8 Å². The first-order valence-electron chi connectivity index (χ1n) is 6.30. The Morgan fingerprint density at radius 3 is 2.58 bits per heavy atom. The number of nitrogens with one attached hydrogen (secondary N) is 1. The molecule has 1 atom stereocenters. The summed E-state index contributed by atoms with van der Waals surface area (Å²) in [6.07, 6.45) is 0. The zero-order valence-corrected chi connectivity index (χ0v) is 11.7. The molecular weight excluding hydrogens is 236 g/mol. The van der Waals surface area contributed by atoms with E-state index in [1.165, 1.54) is 5.56 Å². The molecule has 0 aliphatic rings. The number of nitriles is 1. The second kappa shape index (κ2) is 5.15. The summed E-state index contributed by atoms with van der Waals surface area (Å²) in [5.74, 6) is 0. The summed E-state index contributed by atoms with van der Waals surface area (Å²) in [7, 11) is 1.95. The summed E-state index contributed by atoms with van der Waals surface area (Å²) < 4.78 is 1.89. The summed E-state index contributed by atoms with van der Waals surface area (Å²) in [6, 6.07) is 9.86. The number of hydrogen-bond donors (Lipinski definition) is 1. The molecule has 0 radical (unpaired) electrons. The van der Waals surface area contributed by atoms with Crippen molar-refractivity contribution < 1.29 is 0 Å². The van der Waals surface area contributed by atoms with Crippen molar-refractivity contribution in [3.8, 4) is 6.07 Å². The van der Waals surface area contributed by atoms with E-state index in [1.54, 1.807) is 0 Å². The fraction of sp³-hybridized carbons (Fsp3) is 0.333. The standard InChI is InChI=1S/C15H18N4/c1-10(15-11(2)18-19(4)12(15)3)17-14-8-6-5-7-13(14)9-16/h5-8,10,17H,1-4H3. The minimum absolute atomic E-state index is 0.114.